The van der Waals surface area contributed by atoms with E-state index in [9.17, 15) is 4.39 Å². The Balaban J connectivity index is 1.50. The Morgan fingerprint density at radius 2 is 2.04 bits per heavy atom. The first kappa shape index (κ1) is 16.3. The monoisotopic (exact) mass is 315 g/mol. The lowest BCUT2D eigenvalue weighted by Gasteiger charge is -2.34. The standard InChI is InChI=1S/C20H27FN2/c1-16(2)18-9-7-17(8-10-18)15-22-11-13-23(14-12-22)20-6-4-3-5-19(20)21/h3-7,18H,1,8-15H2,2H3/p+1/t18-/m0/s1. The van der Waals surface area contributed by atoms with Crippen LogP contribution in [0, 0.1) is 11.7 Å². The average Bonchev–Trinajstić information content (AvgIpc) is 2.57. The molecule has 0 saturated carbocycles. The molecule has 3 rings (SSSR count). The van der Waals surface area contributed by atoms with Gasteiger partial charge in [-0.1, -0.05) is 30.4 Å². The van der Waals surface area contributed by atoms with Gasteiger partial charge in [0, 0.05) is 0 Å². The topological polar surface area (TPSA) is 7.68 Å². The molecule has 2 aliphatic rings. The Bertz CT molecular complexity index is 585. The van der Waals surface area contributed by atoms with E-state index < -0.39 is 0 Å². The van der Waals surface area contributed by atoms with Crippen LogP contribution in [0.1, 0.15) is 26.2 Å². The lowest BCUT2D eigenvalue weighted by Crippen LogP contribution is -3.15. The molecule has 0 unspecified atom stereocenters. The third-order valence-electron chi connectivity index (χ3n) is 5.34. The number of hydrogen-bond donors (Lipinski definition) is 1. The number of para-hydroxylation sites is 1. The van der Waals surface area contributed by atoms with Gasteiger partial charge in [-0.2, -0.15) is 0 Å². The van der Waals surface area contributed by atoms with Gasteiger partial charge in [-0.05, 0) is 49.8 Å². The number of halogens is 1. The van der Waals surface area contributed by atoms with Crippen molar-refractivity contribution >= 4 is 5.69 Å². The summed E-state index contributed by atoms with van der Waals surface area (Å²) in [5, 5.41) is 0. The molecule has 0 spiro atoms. The summed E-state index contributed by atoms with van der Waals surface area (Å²) < 4.78 is 13.9. The van der Waals surface area contributed by atoms with Crippen molar-refractivity contribution in [1.29, 1.82) is 0 Å². The van der Waals surface area contributed by atoms with Gasteiger partial charge >= 0.3 is 0 Å². The van der Waals surface area contributed by atoms with Crippen LogP contribution in [0.4, 0.5) is 10.1 Å². The van der Waals surface area contributed by atoms with Crippen molar-refractivity contribution in [3.8, 4) is 0 Å². The predicted molar refractivity (Wildman–Crippen MR) is 94.4 cm³/mol. The molecule has 1 aliphatic carbocycles. The normalized spacial score (nSPS) is 22.8. The van der Waals surface area contributed by atoms with Crippen LogP contribution in [0.25, 0.3) is 0 Å². The first-order valence-electron chi connectivity index (χ1n) is 8.80. The highest BCUT2D eigenvalue weighted by Crippen LogP contribution is 2.27. The van der Waals surface area contributed by atoms with Crippen molar-refractivity contribution in [2.24, 2.45) is 5.92 Å². The lowest BCUT2D eigenvalue weighted by atomic mass is 9.85. The number of hydrogen-bond acceptors (Lipinski definition) is 1. The van der Waals surface area contributed by atoms with E-state index in [-0.39, 0.29) is 5.82 Å². The molecule has 1 aromatic rings. The van der Waals surface area contributed by atoms with E-state index in [2.05, 4.69) is 24.5 Å². The van der Waals surface area contributed by atoms with E-state index in [1.165, 1.54) is 24.8 Å². The van der Waals surface area contributed by atoms with Gasteiger partial charge in [0.1, 0.15) is 5.82 Å². The molecule has 0 aromatic heterocycles. The van der Waals surface area contributed by atoms with Crippen LogP contribution in [-0.4, -0.2) is 32.7 Å². The van der Waals surface area contributed by atoms with E-state index in [1.54, 1.807) is 22.6 Å². The molecule has 3 heteroatoms. The summed E-state index contributed by atoms with van der Waals surface area (Å²) in [7, 11) is 0. The van der Waals surface area contributed by atoms with Crippen LogP contribution in [0.5, 0.6) is 0 Å². The number of nitrogens with zero attached hydrogens (tertiary/aromatic N) is 1. The summed E-state index contributed by atoms with van der Waals surface area (Å²) in [5.74, 6) is 0.587. The van der Waals surface area contributed by atoms with E-state index in [0.717, 1.165) is 38.4 Å². The zero-order valence-corrected chi connectivity index (χ0v) is 14.2. The molecule has 1 atom stereocenters. The van der Waals surface area contributed by atoms with Gasteiger partial charge in [0.2, 0.25) is 0 Å². The fraction of sp³-hybridized carbons (Fsp3) is 0.500. The van der Waals surface area contributed by atoms with Crippen LogP contribution in [0.3, 0.4) is 0 Å². The molecular weight excluding hydrogens is 287 g/mol. The number of quaternary nitrogens is 1. The van der Waals surface area contributed by atoms with E-state index in [0.29, 0.717) is 5.92 Å². The van der Waals surface area contributed by atoms with Gasteiger partial charge < -0.3 is 9.80 Å². The fourth-order valence-corrected chi connectivity index (χ4v) is 3.77. The SMILES string of the molecule is C=C(C)[C@H]1CC=C(C[NH+]2CCN(c3ccccc3F)CC2)CC1. The summed E-state index contributed by atoms with van der Waals surface area (Å²) in [6.45, 7) is 11.5. The number of anilines is 1. The second kappa shape index (κ2) is 7.31. The van der Waals surface area contributed by atoms with Crippen LogP contribution in [0.2, 0.25) is 0 Å². The average molecular weight is 315 g/mol. The van der Waals surface area contributed by atoms with Crippen molar-refractivity contribution in [3.05, 3.63) is 53.9 Å². The van der Waals surface area contributed by atoms with Gasteiger partial charge in [-0.15, -0.1) is 0 Å². The van der Waals surface area contributed by atoms with Crippen LogP contribution in [-0.2, 0) is 0 Å². The maximum Gasteiger partial charge on any atom is 0.146 e. The third-order valence-corrected chi connectivity index (χ3v) is 5.34. The molecule has 0 bridgehead atoms. The van der Waals surface area contributed by atoms with E-state index in [4.69, 9.17) is 0 Å². The maximum absolute atomic E-state index is 13.9. The maximum atomic E-state index is 13.9. The molecule has 1 aliphatic heterocycles. The quantitative estimate of drug-likeness (QED) is 0.840. The first-order valence-corrected chi connectivity index (χ1v) is 8.80. The van der Waals surface area contributed by atoms with Crippen LogP contribution in [0.15, 0.2) is 48.1 Å². The van der Waals surface area contributed by atoms with Crippen molar-refractivity contribution < 1.29 is 9.29 Å². The van der Waals surface area contributed by atoms with Crippen molar-refractivity contribution in [1.82, 2.24) is 0 Å². The summed E-state index contributed by atoms with van der Waals surface area (Å²) in [5.41, 5.74) is 3.69. The summed E-state index contributed by atoms with van der Waals surface area (Å²) in [6.07, 6.45) is 6.09. The Hall–Kier alpha value is -1.61. The predicted octanol–water partition coefficient (Wildman–Crippen LogP) is 2.83. The van der Waals surface area contributed by atoms with Crippen molar-refractivity contribution in [2.75, 3.05) is 37.6 Å². The number of piperazine rings is 1. The largest absolute Gasteiger partial charge is 0.358 e. The summed E-state index contributed by atoms with van der Waals surface area (Å²) >= 11 is 0. The minimum absolute atomic E-state index is 0.100. The summed E-state index contributed by atoms with van der Waals surface area (Å²) in [6, 6.07) is 7.12. The molecular formula is C20H28FN2+. The molecule has 124 valence electrons. The third kappa shape index (κ3) is 4.03. The second-order valence-corrected chi connectivity index (χ2v) is 7.05. The fourth-order valence-electron chi connectivity index (χ4n) is 3.77. The minimum Gasteiger partial charge on any atom is -0.358 e. The molecule has 1 N–H and O–H groups in total. The Morgan fingerprint density at radius 3 is 2.65 bits per heavy atom. The molecule has 0 amide bonds. The van der Waals surface area contributed by atoms with Crippen LogP contribution >= 0.6 is 0 Å². The van der Waals surface area contributed by atoms with Gasteiger partial charge in [0.05, 0.1) is 38.4 Å². The van der Waals surface area contributed by atoms with Gasteiger partial charge in [-0.3, -0.25) is 0 Å². The zero-order valence-electron chi connectivity index (χ0n) is 14.2. The first-order chi connectivity index (χ1) is 11.1. The Kier molecular flexibility index (Phi) is 5.16. The smallest absolute Gasteiger partial charge is 0.146 e. The highest BCUT2D eigenvalue weighted by atomic mass is 19.1. The summed E-state index contributed by atoms with van der Waals surface area (Å²) in [4.78, 5) is 3.82. The number of rotatable bonds is 4. The van der Waals surface area contributed by atoms with Gasteiger partial charge in [0.15, 0.2) is 0 Å². The number of benzene rings is 1. The Morgan fingerprint density at radius 1 is 1.30 bits per heavy atom. The van der Waals surface area contributed by atoms with E-state index >= 15 is 0 Å². The molecule has 2 nitrogen and oxygen atoms in total. The van der Waals surface area contributed by atoms with Crippen molar-refractivity contribution in [2.45, 2.75) is 26.2 Å². The van der Waals surface area contributed by atoms with E-state index in [1.807, 2.05) is 12.1 Å². The second-order valence-electron chi connectivity index (χ2n) is 7.05. The number of nitrogens with one attached hydrogen (secondary N) is 1. The molecule has 1 saturated heterocycles. The number of allylic oxidation sites excluding steroid dienone is 2. The van der Waals surface area contributed by atoms with Gasteiger partial charge in [-0.25, -0.2) is 4.39 Å². The Labute approximate surface area is 139 Å². The molecule has 23 heavy (non-hydrogen) atoms. The van der Waals surface area contributed by atoms with Crippen LogP contribution < -0.4 is 9.80 Å². The lowest BCUT2D eigenvalue weighted by molar-refractivity contribution is -0.895. The highest BCUT2D eigenvalue weighted by Gasteiger charge is 2.24. The van der Waals surface area contributed by atoms with Crippen molar-refractivity contribution in [3.63, 3.8) is 0 Å². The van der Waals surface area contributed by atoms with Gasteiger partial charge in [0.25, 0.3) is 0 Å². The molecule has 0 radical (unpaired) electrons. The zero-order chi connectivity index (χ0) is 16.2. The molecule has 1 fully saturated rings. The highest BCUT2D eigenvalue weighted by molar-refractivity contribution is 5.47. The molecule has 1 aromatic carbocycles. The molecule has 1 heterocycles. The minimum atomic E-state index is -0.100.